The fourth-order valence-electron chi connectivity index (χ4n) is 4.00. The van der Waals surface area contributed by atoms with Crippen molar-refractivity contribution in [3.8, 4) is 22.5 Å². The van der Waals surface area contributed by atoms with E-state index in [0.29, 0.717) is 0 Å². The van der Waals surface area contributed by atoms with Crippen molar-refractivity contribution in [2.75, 3.05) is 6.61 Å². The van der Waals surface area contributed by atoms with Crippen LogP contribution in [0.5, 0.6) is 5.75 Å². The van der Waals surface area contributed by atoms with Gasteiger partial charge in [0.1, 0.15) is 11.1 Å². The third kappa shape index (κ3) is 5.88. The molecule has 0 aliphatic rings. The van der Waals surface area contributed by atoms with Crippen molar-refractivity contribution in [2.45, 2.75) is 40.2 Å². The SMILES string of the molecule is Cc1cc(-[s+]2cc(C)c3ccccc32)cc(C)c1OCC(=O)OC(C)(C)C#Cc1ccccc1I. The maximum absolute atomic E-state index is 12.6. The minimum absolute atomic E-state index is 0.0957. The number of aryl methyl sites for hydroxylation is 3. The number of thiophene rings is 1. The van der Waals surface area contributed by atoms with Gasteiger partial charge in [-0.3, -0.25) is 0 Å². The molecule has 0 saturated carbocycles. The third-order valence-electron chi connectivity index (χ3n) is 5.61. The van der Waals surface area contributed by atoms with Crippen LogP contribution < -0.4 is 4.74 Å². The van der Waals surface area contributed by atoms with E-state index in [1.54, 1.807) is 13.8 Å². The van der Waals surface area contributed by atoms with Crippen molar-refractivity contribution < 1.29 is 14.3 Å². The summed E-state index contributed by atoms with van der Waals surface area (Å²) in [4.78, 5) is 13.8. The van der Waals surface area contributed by atoms with E-state index in [0.717, 1.165) is 26.0 Å². The molecule has 0 fully saturated rings. The summed E-state index contributed by atoms with van der Waals surface area (Å²) >= 11 is 2.25. The van der Waals surface area contributed by atoms with Gasteiger partial charge in [0.25, 0.3) is 0 Å². The van der Waals surface area contributed by atoms with Crippen molar-refractivity contribution in [1.29, 1.82) is 0 Å². The van der Waals surface area contributed by atoms with Gasteiger partial charge in [0.15, 0.2) is 21.8 Å². The summed E-state index contributed by atoms with van der Waals surface area (Å²) in [6.07, 6.45) is 0. The van der Waals surface area contributed by atoms with E-state index in [4.69, 9.17) is 9.47 Å². The fraction of sp³-hybridized carbons (Fsp3) is 0.233. The van der Waals surface area contributed by atoms with E-state index in [1.807, 2.05) is 38.1 Å². The lowest BCUT2D eigenvalue weighted by Gasteiger charge is -2.19. The first-order valence-corrected chi connectivity index (χ1v) is 13.8. The molecule has 1 heterocycles. The van der Waals surface area contributed by atoms with Crippen LogP contribution >= 0.6 is 33.1 Å². The van der Waals surface area contributed by atoms with Crippen LogP contribution in [-0.2, 0) is 9.53 Å². The quantitative estimate of drug-likeness (QED) is 0.102. The Balaban J connectivity index is 1.46. The van der Waals surface area contributed by atoms with Crippen LogP contribution in [0.4, 0.5) is 0 Å². The van der Waals surface area contributed by atoms with Crippen LogP contribution in [0.1, 0.15) is 36.1 Å². The number of rotatable bonds is 5. The number of carbonyl (C=O) groups excluding carboxylic acids is 1. The highest BCUT2D eigenvalue weighted by Gasteiger charge is 2.23. The molecule has 1 aromatic heterocycles. The summed E-state index contributed by atoms with van der Waals surface area (Å²) in [6.45, 7) is 9.62. The molecule has 5 heteroatoms. The Morgan fingerprint density at radius 3 is 2.34 bits per heavy atom. The van der Waals surface area contributed by atoms with Gasteiger partial charge in [-0.05, 0) is 92.6 Å². The van der Waals surface area contributed by atoms with Crippen LogP contribution in [0, 0.1) is 36.2 Å². The Kier molecular flexibility index (Phi) is 7.53. The molecule has 0 aliphatic heterocycles. The molecule has 1 unspecified atom stereocenters. The minimum Gasteiger partial charge on any atom is -0.481 e. The fourth-order valence-corrected chi connectivity index (χ4v) is 6.82. The molecular weight excluding hydrogens is 567 g/mol. The Morgan fingerprint density at radius 2 is 1.63 bits per heavy atom. The molecule has 35 heavy (non-hydrogen) atoms. The van der Waals surface area contributed by atoms with Gasteiger partial charge < -0.3 is 9.47 Å². The van der Waals surface area contributed by atoms with Gasteiger partial charge in [-0.15, -0.1) is 0 Å². The maximum atomic E-state index is 12.6. The maximum Gasteiger partial charge on any atom is 0.345 e. The number of carbonyl (C=O) groups is 1. The summed E-state index contributed by atoms with van der Waals surface area (Å²) in [5, 5.41) is 3.66. The summed E-state index contributed by atoms with van der Waals surface area (Å²) < 4.78 is 14.0. The molecule has 178 valence electrons. The van der Waals surface area contributed by atoms with Gasteiger partial charge >= 0.3 is 5.97 Å². The van der Waals surface area contributed by atoms with E-state index in [1.165, 1.54) is 20.5 Å². The first kappa shape index (κ1) is 25.3. The Labute approximate surface area is 223 Å². The van der Waals surface area contributed by atoms with E-state index >= 15 is 0 Å². The highest BCUT2D eigenvalue weighted by Crippen LogP contribution is 2.43. The molecule has 4 aromatic rings. The average Bonchev–Trinajstić information content (AvgIpc) is 3.14. The van der Waals surface area contributed by atoms with E-state index in [9.17, 15) is 4.79 Å². The molecule has 0 N–H and O–H groups in total. The predicted octanol–water partition coefficient (Wildman–Crippen LogP) is 7.86. The number of hydrogen-bond acceptors (Lipinski definition) is 3. The highest BCUT2D eigenvalue weighted by atomic mass is 127. The van der Waals surface area contributed by atoms with Crippen LogP contribution in [0.3, 0.4) is 0 Å². The van der Waals surface area contributed by atoms with Crippen LogP contribution in [0.15, 0.2) is 66.0 Å². The summed E-state index contributed by atoms with van der Waals surface area (Å²) in [5.74, 6) is 6.46. The van der Waals surface area contributed by atoms with E-state index in [-0.39, 0.29) is 17.1 Å². The predicted molar refractivity (Wildman–Crippen MR) is 154 cm³/mol. The smallest absolute Gasteiger partial charge is 0.345 e. The van der Waals surface area contributed by atoms with E-state index < -0.39 is 11.6 Å². The molecule has 0 bridgehead atoms. The Hall–Kier alpha value is -2.82. The third-order valence-corrected chi connectivity index (χ3v) is 8.71. The molecular formula is C30H28IO3S+. The average molecular weight is 596 g/mol. The lowest BCUT2D eigenvalue weighted by Crippen LogP contribution is -2.29. The molecule has 4 rings (SSSR count). The zero-order chi connectivity index (χ0) is 25.2. The molecule has 0 radical (unpaired) electrons. The lowest BCUT2D eigenvalue weighted by atomic mass is 10.1. The topological polar surface area (TPSA) is 35.5 Å². The summed E-state index contributed by atoms with van der Waals surface area (Å²) in [6, 6.07) is 20.8. The molecule has 3 aromatic carbocycles. The number of hydrogen-bond donors (Lipinski definition) is 0. The Bertz CT molecular complexity index is 1450. The monoisotopic (exact) mass is 595 g/mol. The summed E-state index contributed by atoms with van der Waals surface area (Å²) in [7, 11) is -0.0957. The molecule has 1 atom stereocenters. The number of fused-ring (bicyclic) bond motifs is 1. The number of benzene rings is 3. The van der Waals surface area contributed by atoms with Crippen LogP contribution in [-0.4, -0.2) is 18.2 Å². The van der Waals surface area contributed by atoms with Gasteiger partial charge in [-0.1, -0.05) is 36.1 Å². The van der Waals surface area contributed by atoms with Gasteiger partial charge in [-0.2, -0.15) is 0 Å². The molecule has 0 spiro atoms. The standard InChI is InChI=1S/C30H28IO3S/c1-20-16-24(35-19-22(3)25-11-7-9-13-27(25)35)17-21(2)29(20)33-18-28(32)34-30(4,5)15-14-23-10-6-8-12-26(23)31/h6-13,16-17,19H,18H2,1-5H3/q+1. The van der Waals surface area contributed by atoms with E-state index in [2.05, 4.69) is 83.1 Å². The zero-order valence-electron chi connectivity index (χ0n) is 20.6. The largest absolute Gasteiger partial charge is 0.481 e. The second-order valence-corrected chi connectivity index (χ2v) is 12.0. The molecule has 0 aliphatic carbocycles. The molecule has 3 nitrogen and oxygen atoms in total. The van der Waals surface area contributed by atoms with Gasteiger partial charge in [0, 0.05) is 42.7 Å². The lowest BCUT2D eigenvalue weighted by molar-refractivity contribution is -0.154. The van der Waals surface area contributed by atoms with Gasteiger partial charge in [0.05, 0.1) is 0 Å². The van der Waals surface area contributed by atoms with Gasteiger partial charge in [-0.25, -0.2) is 4.79 Å². The number of ether oxygens (including phenoxy) is 2. The van der Waals surface area contributed by atoms with Crippen molar-refractivity contribution in [3.63, 3.8) is 0 Å². The first-order valence-electron chi connectivity index (χ1n) is 11.4. The number of halogens is 1. The zero-order valence-corrected chi connectivity index (χ0v) is 23.5. The second-order valence-electron chi connectivity index (χ2n) is 9.02. The second kappa shape index (κ2) is 10.4. The highest BCUT2D eigenvalue weighted by molar-refractivity contribution is 14.1. The van der Waals surface area contributed by atoms with Gasteiger partial charge in [0.2, 0.25) is 0 Å². The molecule has 0 saturated heterocycles. The van der Waals surface area contributed by atoms with Crippen molar-refractivity contribution in [2.24, 2.45) is 0 Å². The minimum atomic E-state index is -0.922. The summed E-state index contributed by atoms with van der Waals surface area (Å²) in [5.41, 5.74) is 3.32. The van der Waals surface area contributed by atoms with Crippen molar-refractivity contribution in [1.82, 2.24) is 0 Å². The van der Waals surface area contributed by atoms with Crippen molar-refractivity contribution in [3.05, 3.63) is 91.9 Å². The van der Waals surface area contributed by atoms with Crippen molar-refractivity contribution >= 4 is 49.1 Å². The van der Waals surface area contributed by atoms with Crippen LogP contribution in [0.25, 0.3) is 15.0 Å². The molecule has 0 amide bonds. The van der Waals surface area contributed by atoms with Crippen LogP contribution in [0.2, 0.25) is 0 Å². The first-order chi connectivity index (χ1) is 16.6. The number of esters is 1. The Morgan fingerprint density at radius 1 is 0.971 bits per heavy atom. The normalized spacial score (nSPS) is 11.7.